The second kappa shape index (κ2) is 6.10. The van der Waals surface area contributed by atoms with Gasteiger partial charge in [0.15, 0.2) is 0 Å². The maximum Gasteiger partial charge on any atom is 0.207 e. The van der Waals surface area contributed by atoms with Gasteiger partial charge < -0.3 is 0 Å². The molecule has 0 saturated carbocycles. The molecule has 0 fully saturated rings. The van der Waals surface area contributed by atoms with Crippen molar-refractivity contribution in [2.75, 3.05) is 5.75 Å². The van der Waals surface area contributed by atoms with Crippen LogP contribution in [0.25, 0.3) is 10.9 Å². The molecule has 0 atom stereocenters. The molecule has 0 aliphatic carbocycles. The Balaban J connectivity index is 1.75. The third-order valence-corrected chi connectivity index (χ3v) is 4.14. The molecular formula is C16H13FN2OS. The average Bonchev–Trinajstić information content (AvgIpc) is 2.52. The van der Waals surface area contributed by atoms with Crippen LogP contribution in [0, 0.1) is 5.82 Å². The van der Waals surface area contributed by atoms with Crippen molar-refractivity contribution in [3.8, 4) is 0 Å². The van der Waals surface area contributed by atoms with Crippen molar-refractivity contribution in [3.05, 3.63) is 70.8 Å². The summed E-state index contributed by atoms with van der Waals surface area (Å²) in [6, 6.07) is 13.9. The fraction of sp³-hybridized carbons (Fsp3) is 0.125. The smallest absolute Gasteiger partial charge is 0.207 e. The van der Waals surface area contributed by atoms with Crippen LogP contribution >= 0.6 is 11.8 Å². The molecule has 0 aliphatic rings. The first kappa shape index (κ1) is 13.8. The molecule has 0 N–H and O–H groups in total. The van der Waals surface area contributed by atoms with E-state index < -0.39 is 0 Å². The van der Waals surface area contributed by atoms with Crippen molar-refractivity contribution in [1.29, 1.82) is 0 Å². The second-order valence-electron chi connectivity index (χ2n) is 4.55. The average molecular weight is 300 g/mol. The van der Waals surface area contributed by atoms with E-state index in [1.165, 1.54) is 18.3 Å². The molecule has 0 bridgehead atoms. The molecule has 3 rings (SSSR count). The molecule has 0 amide bonds. The Bertz CT molecular complexity index is 814. The van der Waals surface area contributed by atoms with E-state index in [-0.39, 0.29) is 11.2 Å². The van der Waals surface area contributed by atoms with Gasteiger partial charge in [0, 0.05) is 16.0 Å². The van der Waals surface area contributed by atoms with Gasteiger partial charge in [0.25, 0.3) is 0 Å². The summed E-state index contributed by atoms with van der Waals surface area (Å²) in [5.74, 6) is 0.568. The molecule has 0 spiro atoms. The minimum Gasteiger partial charge on any atom is -0.287 e. The number of halogens is 1. The van der Waals surface area contributed by atoms with Crippen molar-refractivity contribution < 1.29 is 4.39 Å². The van der Waals surface area contributed by atoms with Gasteiger partial charge >= 0.3 is 0 Å². The standard InChI is InChI=1S/C16H13FN2OS/c17-12-5-7-13(8-6-12)21-10-9-19-15-4-2-1-3-14(15)16(20)11-18-19/h1-8,11H,9-10H2. The van der Waals surface area contributed by atoms with Crippen LogP contribution in [0.4, 0.5) is 4.39 Å². The maximum atomic E-state index is 12.8. The second-order valence-corrected chi connectivity index (χ2v) is 5.72. The molecule has 5 heteroatoms. The first-order chi connectivity index (χ1) is 10.2. The van der Waals surface area contributed by atoms with E-state index in [2.05, 4.69) is 5.10 Å². The lowest BCUT2D eigenvalue weighted by Gasteiger charge is -2.08. The van der Waals surface area contributed by atoms with Crippen molar-refractivity contribution in [3.63, 3.8) is 0 Å². The Morgan fingerprint density at radius 3 is 2.67 bits per heavy atom. The third kappa shape index (κ3) is 3.13. The van der Waals surface area contributed by atoms with Gasteiger partial charge in [-0.25, -0.2) is 4.39 Å². The number of fused-ring (bicyclic) bond motifs is 1. The molecule has 0 aliphatic heterocycles. The number of para-hydroxylation sites is 1. The lowest BCUT2D eigenvalue weighted by molar-refractivity contribution is 0.626. The number of aryl methyl sites for hydroxylation is 1. The zero-order valence-corrected chi connectivity index (χ0v) is 12.0. The van der Waals surface area contributed by atoms with E-state index in [1.807, 2.05) is 28.9 Å². The summed E-state index contributed by atoms with van der Waals surface area (Å²) in [4.78, 5) is 12.8. The topological polar surface area (TPSA) is 34.9 Å². The molecule has 3 nitrogen and oxygen atoms in total. The quantitative estimate of drug-likeness (QED) is 0.693. The van der Waals surface area contributed by atoms with Crippen LogP contribution in [0.2, 0.25) is 0 Å². The molecule has 0 radical (unpaired) electrons. The van der Waals surface area contributed by atoms with Crippen molar-refractivity contribution in [2.45, 2.75) is 11.4 Å². The van der Waals surface area contributed by atoms with Gasteiger partial charge in [-0.2, -0.15) is 5.10 Å². The highest BCUT2D eigenvalue weighted by atomic mass is 32.2. The van der Waals surface area contributed by atoms with Gasteiger partial charge in [-0.15, -0.1) is 11.8 Å². The molecular weight excluding hydrogens is 287 g/mol. The minimum atomic E-state index is -0.229. The van der Waals surface area contributed by atoms with Crippen LogP contribution in [0.5, 0.6) is 0 Å². The predicted molar refractivity (Wildman–Crippen MR) is 83.1 cm³/mol. The third-order valence-electron chi connectivity index (χ3n) is 3.15. The highest BCUT2D eigenvalue weighted by Gasteiger charge is 2.03. The monoisotopic (exact) mass is 300 g/mol. The van der Waals surface area contributed by atoms with Gasteiger partial charge in [0.2, 0.25) is 5.43 Å². The lowest BCUT2D eigenvalue weighted by atomic mass is 10.2. The SMILES string of the molecule is O=c1cnn(CCSc2ccc(F)cc2)c2ccccc12. The zero-order valence-electron chi connectivity index (χ0n) is 11.2. The molecule has 0 saturated heterocycles. The molecule has 1 aromatic heterocycles. The Morgan fingerprint density at radius 1 is 1.10 bits per heavy atom. The van der Waals surface area contributed by atoms with Crippen molar-refractivity contribution in [1.82, 2.24) is 9.78 Å². The van der Waals surface area contributed by atoms with Crippen LogP contribution in [0.1, 0.15) is 0 Å². The highest BCUT2D eigenvalue weighted by Crippen LogP contribution is 2.18. The number of thioether (sulfide) groups is 1. The number of hydrogen-bond acceptors (Lipinski definition) is 3. The maximum absolute atomic E-state index is 12.8. The molecule has 3 aromatic rings. The number of rotatable bonds is 4. The van der Waals surface area contributed by atoms with Crippen molar-refractivity contribution in [2.24, 2.45) is 0 Å². The van der Waals surface area contributed by atoms with Gasteiger partial charge in [-0.3, -0.25) is 9.48 Å². The molecule has 106 valence electrons. The summed E-state index contributed by atoms with van der Waals surface area (Å²) in [6.45, 7) is 0.683. The van der Waals surface area contributed by atoms with Gasteiger partial charge in [0.1, 0.15) is 5.82 Å². The van der Waals surface area contributed by atoms with Crippen molar-refractivity contribution >= 4 is 22.7 Å². The number of aromatic nitrogens is 2. The summed E-state index contributed by atoms with van der Waals surface area (Å²) >= 11 is 1.63. The Kier molecular flexibility index (Phi) is 4.01. The Hall–Kier alpha value is -2.14. The van der Waals surface area contributed by atoms with Gasteiger partial charge in [-0.05, 0) is 36.4 Å². The first-order valence-electron chi connectivity index (χ1n) is 6.57. The number of benzene rings is 2. The predicted octanol–water partition coefficient (Wildman–Crippen LogP) is 3.33. The first-order valence-corrected chi connectivity index (χ1v) is 7.56. The number of nitrogens with zero attached hydrogens (tertiary/aromatic N) is 2. The highest BCUT2D eigenvalue weighted by molar-refractivity contribution is 7.99. The zero-order chi connectivity index (χ0) is 14.7. The molecule has 21 heavy (non-hydrogen) atoms. The van der Waals surface area contributed by atoms with Crippen LogP contribution in [-0.2, 0) is 6.54 Å². The summed E-state index contributed by atoms with van der Waals surface area (Å²) in [5.41, 5.74) is 0.776. The van der Waals surface area contributed by atoms with Crippen LogP contribution < -0.4 is 5.43 Å². The minimum absolute atomic E-state index is 0.0620. The fourth-order valence-electron chi connectivity index (χ4n) is 2.12. The Morgan fingerprint density at radius 2 is 1.86 bits per heavy atom. The number of hydrogen-bond donors (Lipinski definition) is 0. The largest absolute Gasteiger partial charge is 0.287 e. The van der Waals surface area contributed by atoms with E-state index in [0.717, 1.165) is 16.2 Å². The molecule has 2 aromatic carbocycles. The molecule has 0 unspecified atom stereocenters. The van der Waals surface area contributed by atoms with Crippen LogP contribution in [-0.4, -0.2) is 15.5 Å². The fourth-order valence-corrected chi connectivity index (χ4v) is 2.95. The summed E-state index contributed by atoms with van der Waals surface area (Å²) in [5, 5.41) is 4.86. The Labute approximate surface area is 125 Å². The van der Waals surface area contributed by atoms with E-state index in [1.54, 1.807) is 23.9 Å². The normalized spacial score (nSPS) is 10.9. The van der Waals surface area contributed by atoms with E-state index in [0.29, 0.717) is 11.9 Å². The van der Waals surface area contributed by atoms with E-state index >= 15 is 0 Å². The van der Waals surface area contributed by atoms with E-state index in [4.69, 9.17) is 0 Å². The van der Waals surface area contributed by atoms with Gasteiger partial charge in [-0.1, -0.05) is 12.1 Å². The summed E-state index contributed by atoms with van der Waals surface area (Å²) in [7, 11) is 0. The van der Waals surface area contributed by atoms with Crippen LogP contribution in [0.3, 0.4) is 0 Å². The van der Waals surface area contributed by atoms with Crippen LogP contribution in [0.15, 0.2) is 64.4 Å². The lowest BCUT2D eigenvalue weighted by Crippen LogP contribution is -2.13. The van der Waals surface area contributed by atoms with Gasteiger partial charge in [0.05, 0.1) is 18.3 Å². The van der Waals surface area contributed by atoms with E-state index in [9.17, 15) is 9.18 Å². The summed E-state index contributed by atoms with van der Waals surface area (Å²) in [6.07, 6.45) is 1.35. The summed E-state index contributed by atoms with van der Waals surface area (Å²) < 4.78 is 14.7. The molecule has 1 heterocycles.